The SMILES string of the molecule is C[n+]1ccccc1.O=S(=O)([O-])C1=CCCCC1. The number of nitrogens with zero attached hydrogens (tertiary/aromatic N) is 1. The number of pyridine rings is 1. The van der Waals surface area contributed by atoms with Gasteiger partial charge in [-0.15, -0.1) is 0 Å². The summed E-state index contributed by atoms with van der Waals surface area (Å²) in [6, 6.07) is 6.00. The standard InChI is InChI=1S/C6H8N.C6H10O3S/c1-7-5-3-2-4-6-7;7-10(8,9)6-4-2-1-3-5-6/h2-6H,1H3;4H,1-3,5H2,(H,7,8,9)/q+1;/p-1. The molecule has 0 N–H and O–H groups in total. The van der Waals surface area contributed by atoms with Gasteiger partial charge in [0, 0.05) is 17.0 Å². The molecular formula is C12H17NO3S. The fourth-order valence-corrected chi connectivity index (χ4v) is 2.24. The third-order valence-corrected chi connectivity index (χ3v) is 3.45. The van der Waals surface area contributed by atoms with E-state index in [1.165, 1.54) is 6.08 Å². The van der Waals surface area contributed by atoms with Crippen LogP contribution in [0.25, 0.3) is 0 Å². The molecule has 17 heavy (non-hydrogen) atoms. The minimum atomic E-state index is -4.11. The molecule has 0 fully saturated rings. The highest BCUT2D eigenvalue weighted by Gasteiger charge is 2.08. The predicted octanol–water partition coefficient (Wildman–Crippen LogP) is 1.50. The summed E-state index contributed by atoms with van der Waals surface area (Å²) < 4.78 is 33.1. The summed E-state index contributed by atoms with van der Waals surface area (Å²) in [5.74, 6) is 0. The van der Waals surface area contributed by atoms with Crippen molar-refractivity contribution in [2.45, 2.75) is 25.7 Å². The van der Waals surface area contributed by atoms with Crippen LogP contribution in [0.1, 0.15) is 25.7 Å². The fourth-order valence-electron chi connectivity index (χ4n) is 1.52. The van der Waals surface area contributed by atoms with Crippen LogP contribution >= 0.6 is 0 Å². The van der Waals surface area contributed by atoms with Crippen LogP contribution in [0.4, 0.5) is 0 Å². The Hall–Kier alpha value is -1.20. The summed E-state index contributed by atoms with van der Waals surface area (Å²) in [6.07, 6.45) is 8.53. The summed E-state index contributed by atoms with van der Waals surface area (Å²) in [7, 11) is -2.11. The highest BCUT2D eigenvalue weighted by Crippen LogP contribution is 2.20. The molecule has 1 aromatic rings. The molecule has 0 atom stereocenters. The van der Waals surface area contributed by atoms with E-state index >= 15 is 0 Å². The van der Waals surface area contributed by atoms with Gasteiger partial charge in [-0.3, -0.25) is 0 Å². The topological polar surface area (TPSA) is 61.1 Å². The molecule has 1 aliphatic carbocycles. The van der Waals surface area contributed by atoms with Crippen LogP contribution in [0, 0.1) is 0 Å². The lowest BCUT2D eigenvalue weighted by Gasteiger charge is -2.15. The average Bonchev–Trinajstić information content (AvgIpc) is 2.31. The highest BCUT2D eigenvalue weighted by molar-refractivity contribution is 7.89. The lowest BCUT2D eigenvalue weighted by atomic mass is 10.1. The fraction of sp³-hybridized carbons (Fsp3) is 0.417. The minimum absolute atomic E-state index is 0.0822. The molecule has 2 rings (SSSR count). The van der Waals surface area contributed by atoms with Crippen LogP contribution in [0.5, 0.6) is 0 Å². The Morgan fingerprint density at radius 2 is 1.82 bits per heavy atom. The van der Waals surface area contributed by atoms with Crippen LogP contribution in [0.3, 0.4) is 0 Å². The molecular weight excluding hydrogens is 238 g/mol. The molecule has 0 bridgehead atoms. The number of aromatic nitrogens is 1. The summed E-state index contributed by atoms with van der Waals surface area (Å²) in [6.45, 7) is 0. The molecule has 4 nitrogen and oxygen atoms in total. The van der Waals surface area contributed by atoms with Crippen LogP contribution in [-0.2, 0) is 17.2 Å². The van der Waals surface area contributed by atoms with Crippen molar-refractivity contribution >= 4 is 10.1 Å². The van der Waals surface area contributed by atoms with Gasteiger partial charge in [0.05, 0.1) is 0 Å². The van der Waals surface area contributed by atoms with Gasteiger partial charge in [0.1, 0.15) is 17.2 Å². The number of hydrogen-bond acceptors (Lipinski definition) is 3. The molecule has 1 aromatic heterocycles. The Kier molecular flexibility index (Phi) is 5.31. The van der Waals surface area contributed by atoms with Gasteiger partial charge in [-0.05, 0) is 25.7 Å². The largest absolute Gasteiger partial charge is 0.744 e. The third kappa shape index (κ3) is 5.60. The van der Waals surface area contributed by atoms with E-state index < -0.39 is 10.1 Å². The number of allylic oxidation sites excluding steroid dienone is 2. The Labute approximate surface area is 102 Å². The van der Waals surface area contributed by atoms with Crippen LogP contribution in [0.15, 0.2) is 41.6 Å². The van der Waals surface area contributed by atoms with Gasteiger partial charge in [0.25, 0.3) is 0 Å². The Balaban J connectivity index is 0.000000181. The van der Waals surface area contributed by atoms with Gasteiger partial charge < -0.3 is 4.55 Å². The quantitative estimate of drug-likeness (QED) is 0.564. The molecule has 0 aromatic carbocycles. The van der Waals surface area contributed by atoms with E-state index in [0.717, 1.165) is 19.3 Å². The van der Waals surface area contributed by atoms with E-state index in [-0.39, 0.29) is 4.91 Å². The van der Waals surface area contributed by atoms with Crippen molar-refractivity contribution in [3.8, 4) is 0 Å². The van der Waals surface area contributed by atoms with Gasteiger partial charge in [-0.1, -0.05) is 12.1 Å². The Morgan fingerprint density at radius 3 is 2.12 bits per heavy atom. The molecule has 0 aliphatic heterocycles. The predicted molar refractivity (Wildman–Crippen MR) is 63.9 cm³/mol. The first-order valence-electron chi connectivity index (χ1n) is 5.55. The van der Waals surface area contributed by atoms with E-state index in [4.69, 9.17) is 0 Å². The first-order valence-corrected chi connectivity index (χ1v) is 6.96. The molecule has 5 heteroatoms. The Bertz CT molecular complexity index is 466. The summed E-state index contributed by atoms with van der Waals surface area (Å²) >= 11 is 0. The maximum Gasteiger partial charge on any atom is 0.168 e. The molecule has 1 aliphatic rings. The van der Waals surface area contributed by atoms with Crippen molar-refractivity contribution in [3.63, 3.8) is 0 Å². The molecule has 0 saturated heterocycles. The molecule has 1 heterocycles. The highest BCUT2D eigenvalue weighted by atomic mass is 32.2. The van der Waals surface area contributed by atoms with E-state index in [1.54, 1.807) is 0 Å². The minimum Gasteiger partial charge on any atom is -0.744 e. The smallest absolute Gasteiger partial charge is 0.168 e. The van der Waals surface area contributed by atoms with Gasteiger partial charge in [0.15, 0.2) is 12.4 Å². The van der Waals surface area contributed by atoms with Crippen molar-refractivity contribution in [1.29, 1.82) is 0 Å². The van der Waals surface area contributed by atoms with Gasteiger partial charge >= 0.3 is 0 Å². The van der Waals surface area contributed by atoms with Gasteiger partial charge in [-0.25, -0.2) is 13.0 Å². The zero-order chi connectivity index (χ0) is 12.7. The first-order chi connectivity index (χ1) is 8.00. The monoisotopic (exact) mass is 255 g/mol. The molecule has 0 radical (unpaired) electrons. The van der Waals surface area contributed by atoms with E-state index in [0.29, 0.717) is 6.42 Å². The summed E-state index contributed by atoms with van der Waals surface area (Å²) in [5.41, 5.74) is 0. The molecule has 0 unspecified atom stereocenters. The lowest BCUT2D eigenvalue weighted by molar-refractivity contribution is -0.671. The second-order valence-corrected chi connectivity index (χ2v) is 5.34. The van der Waals surface area contributed by atoms with Crippen LogP contribution in [0.2, 0.25) is 0 Å². The molecule has 0 spiro atoms. The van der Waals surface area contributed by atoms with E-state index in [9.17, 15) is 13.0 Å². The van der Waals surface area contributed by atoms with Crippen molar-refractivity contribution in [1.82, 2.24) is 0 Å². The second-order valence-electron chi connectivity index (χ2n) is 3.91. The van der Waals surface area contributed by atoms with E-state index in [2.05, 4.69) is 0 Å². The van der Waals surface area contributed by atoms with E-state index in [1.807, 2.05) is 42.2 Å². The Morgan fingerprint density at radius 1 is 1.18 bits per heavy atom. The maximum absolute atomic E-state index is 10.4. The third-order valence-electron chi connectivity index (χ3n) is 2.44. The van der Waals surface area contributed by atoms with Crippen molar-refractivity contribution < 1.29 is 17.5 Å². The number of aryl methyl sites for hydroxylation is 1. The summed E-state index contributed by atoms with van der Waals surface area (Å²) in [5, 5.41) is 0. The number of rotatable bonds is 1. The molecule has 94 valence electrons. The average molecular weight is 255 g/mol. The second kappa shape index (κ2) is 6.51. The van der Waals surface area contributed by atoms with Crippen LogP contribution < -0.4 is 4.57 Å². The van der Waals surface area contributed by atoms with Crippen molar-refractivity contribution in [2.24, 2.45) is 7.05 Å². The molecule has 0 amide bonds. The summed E-state index contributed by atoms with van der Waals surface area (Å²) in [4.78, 5) is 0.0822. The van der Waals surface area contributed by atoms with Gasteiger partial charge in [0.2, 0.25) is 0 Å². The normalized spacial score (nSPS) is 15.5. The van der Waals surface area contributed by atoms with Crippen molar-refractivity contribution in [2.75, 3.05) is 0 Å². The zero-order valence-electron chi connectivity index (χ0n) is 9.87. The maximum atomic E-state index is 10.4. The number of hydrogen-bond donors (Lipinski definition) is 0. The lowest BCUT2D eigenvalue weighted by Crippen LogP contribution is -2.25. The van der Waals surface area contributed by atoms with Crippen LogP contribution in [-0.4, -0.2) is 13.0 Å². The first kappa shape index (κ1) is 13.9. The van der Waals surface area contributed by atoms with Crippen molar-refractivity contribution in [3.05, 3.63) is 41.6 Å². The molecule has 0 saturated carbocycles. The van der Waals surface area contributed by atoms with Gasteiger partial charge in [-0.2, -0.15) is 0 Å². The zero-order valence-corrected chi connectivity index (χ0v) is 10.7.